The van der Waals surface area contributed by atoms with E-state index in [1.165, 1.54) is 6.07 Å². The maximum absolute atomic E-state index is 12.4. The van der Waals surface area contributed by atoms with E-state index in [1.54, 1.807) is 0 Å². The van der Waals surface area contributed by atoms with E-state index in [2.05, 4.69) is 4.98 Å². The average molecular weight is 309 g/mol. The quantitative estimate of drug-likeness (QED) is 0.789. The second-order valence-corrected chi connectivity index (χ2v) is 4.68. The molecule has 0 amide bonds. The summed E-state index contributed by atoms with van der Waals surface area (Å²) in [5, 5.41) is 0. The third-order valence-corrected chi connectivity index (χ3v) is 2.98. The lowest BCUT2D eigenvalue weighted by Crippen LogP contribution is -2.08. The van der Waals surface area contributed by atoms with Gasteiger partial charge in [0.1, 0.15) is 6.61 Å². The lowest BCUT2D eigenvalue weighted by Gasteiger charge is -2.07. The molecule has 2 rings (SSSR count). The minimum absolute atomic E-state index is 0.0746. The monoisotopic (exact) mass is 309 g/mol. The molecule has 2 aromatic rings. The summed E-state index contributed by atoms with van der Waals surface area (Å²) >= 11 is 0. The first-order chi connectivity index (χ1) is 10.4. The normalized spacial score (nSPS) is 11.2. The van der Waals surface area contributed by atoms with Crippen molar-refractivity contribution in [3.8, 4) is 0 Å². The first-order valence-electron chi connectivity index (χ1n) is 6.67. The lowest BCUT2D eigenvalue weighted by molar-refractivity contribution is -0.145. The van der Waals surface area contributed by atoms with Crippen LogP contribution < -0.4 is 0 Å². The molecule has 0 saturated carbocycles. The molecule has 1 aromatic heterocycles. The summed E-state index contributed by atoms with van der Waals surface area (Å²) < 4.78 is 42.2. The van der Waals surface area contributed by atoms with E-state index in [4.69, 9.17) is 4.74 Å². The molecule has 0 radical (unpaired) electrons. The molecule has 3 nitrogen and oxygen atoms in total. The van der Waals surface area contributed by atoms with Crippen LogP contribution in [0.3, 0.4) is 0 Å². The second-order valence-electron chi connectivity index (χ2n) is 4.68. The molecule has 6 heteroatoms. The van der Waals surface area contributed by atoms with Gasteiger partial charge in [-0.15, -0.1) is 0 Å². The van der Waals surface area contributed by atoms with E-state index in [9.17, 15) is 18.0 Å². The standard InChI is InChI=1S/C16H14F3NO2/c17-16(18,19)13-6-7-14(20-10-13)8-9-15(21)22-11-12-4-2-1-3-5-12/h1-7,10H,8-9,11H2. The Morgan fingerprint density at radius 2 is 1.82 bits per heavy atom. The van der Waals surface area contributed by atoms with Crippen molar-refractivity contribution < 1.29 is 22.7 Å². The Hall–Kier alpha value is -2.37. The number of pyridine rings is 1. The van der Waals surface area contributed by atoms with Crippen LogP contribution in [0.15, 0.2) is 48.7 Å². The molecule has 0 unspecified atom stereocenters. The second kappa shape index (κ2) is 7.06. The third-order valence-electron chi connectivity index (χ3n) is 2.98. The molecule has 116 valence electrons. The number of benzene rings is 1. The zero-order chi connectivity index (χ0) is 16.0. The minimum Gasteiger partial charge on any atom is -0.461 e. The Bertz CT molecular complexity index is 610. The molecule has 1 heterocycles. The smallest absolute Gasteiger partial charge is 0.417 e. The number of nitrogens with zero attached hydrogens (tertiary/aromatic N) is 1. The molecule has 0 fully saturated rings. The number of alkyl halides is 3. The van der Waals surface area contributed by atoms with Gasteiger partial charge in [0.15, 0.2) is 0 Å². The van der Waals surface area contributed by atoms with E-state index >= 15 is 0 Å². The van der Waals surface area contributed by atoms with Gasteiger partial charge in [-0.2, -0.15) is 13.2 Å². The summed E-state index contributed by atoms with van der Waals surface area (Å²) in [6.45, 7) is 0.181. The number of carbonyl (C=O) groups is 1. The highest BCUT2D eigenvalue weighted by molar-refractivity contribution is 5.69. The molecule has 1 aromatic carbocycles. The van der Waals surface area contributed by atoms with Gasteiger partial charge in [-0.25, -0.2) is 0 Å². The number of hydrogen-bond donors (Lipinski definition) is 0. The van der Waals surface area contributed by atoms with Gasteiger partial charge < -0.3 is 4.74 Å². The van der Waals surface area contributed by atoms with E-state index in [0.717, 1.165) is 17.8 Å². The Morgan fingerprint density at radius 3 is 2.41 bits per heavy atom. The summed E-state index contributed by atoms with van der Waals surface area (Å²) in [5.41, 5.74) is 0.496. The van der Waals surface area contributed by atoms with E-state index in [0.29, 0.717) is 5.69 Å². The number of halogens is 3. The number of carbonyl (C=O) groups excluding carboxylic acids is 1. The molecular formula is C16H14F3NO2. The van der Waals surface area contributed by atoms with Crippen molar-refractivity contribution in [1.29, 1.82) is 0 Å². The zero-order valence-electron chi connectivity index (χ0n) is 11.6. The van der Waals surface area contributed by atoms with Gasteiger partial charge in [-0.1, -0.05) is 30.3 Å². The highest BCUT2D eigenvalue weighted by Crippen LogP contribution is 2.28. The largest absolute Gasteiger partial charge is 0.461 e. The fourth-order valence-electron chi connectivity index (χ4n) is 1.78. The topological polar surface area (TPSA) is 39.2 Å². The van der Waals surface area contributed by atoms with Crippen LogP contribution in [0.1, 0.15) is 23.2 Å². The van der Waals surface area contributed by atoms with Gasteiger partial charge >= 0.3 is 12.1 Å². The predicted octanol–water partition coefficient (Wildman–Crippen LogP) is 3.78. The molecule has 0 aliphatic heterocycles. The molecule has 0 bridgehead atoms. The maximum Gasteiger partial charge on any atom is 0.417 e. The molecule has 0 N–H and O–H groups in total. The molecule has 22 heavy (non-hydrogen) atoms. The Balaban J connectivity index is 1.79. The van der Waals surface area contributed by atoms with Crippen molar-refractivity contribution in [3.63, 3.8) is 0 Å². The maximum atomic E-state index is 12.4. The summed E-state index contributed by atoms with van der Waals surface area (Å²) in [6.07, 6.45) is -3.32. The van der Waals surface area contributed by atoms with Gasteiger partial charge in [0.25, 0.3) is 0 Å². The van der Waals surface area contributed by atoms with Gasteiger partial charge in [0.2, 0.25) is 0 Å². The fourth-order valence-corrected chi connectivity index (χ4v) is 1.78. The van der Waals surface area contributed by atoms with Crippen LogP contribution in [0, 0.1) is 0 Å². The van der Waals surface area contributed by atoms with Crippen LogP contribution in [0.2, 0.25) is 0 Å². The van der Waals surface area contributed by atoms with E-state index in [-0.39, 0.29) is 19.4 Å². The van der Waals surface area contributed by atoms with Crippen LogP contribution in [0.5, 0.6) is 0 Å². The molecule has 0 saturated heterocycles. The van der Waals surface area contributed by atoms with Crippen LogP contribution in [-0.2, 0) is 28.7 Å². The number of rotatable bonds is 5. The number of hydrogen-bond acceptors (Lipinski definition) is 3. The SMILES string of the molecule is O=C(CCc1ccc(C(F)(F)F)cn1)OCc1ccccc1. The number of aryl methyl sites for hydroxylation is 1. The van der Waals surface area contributed by atoms with Gasteiger partial charge in [-0.05, 0) is 17.7 Å². The fraction of sp³-hybridized carbons (Fsp3) is 0.250. The van der Waals surface area contributed by atoms with Crippen molar-refractivity contribution in [1.82, 2.24) is 4.98 Å². The van der Waals surface area contributed by atoms with Crippen molar-refractivity contribution >= 4 is 5.97 Å². The summed E-state index contributed by atoms with van der Waals surface area (Å²) in [6, 6.07) is 11.5. The number of aromatic nitrogens is 1. The summed E-state index contributed by atoms with van der Waals surface area (Å²) in [4.78, 5) is 15.3. The zero-order valence-corrected chi connectivity index (χ0v) is 11.6. The van der Waals surface area contributed by atoms with Crippen molar-refractivity contribution in [3.05, 3.63) is 65.5 Å². The van der Waals surface area contributed by atoms with Gasteiger partial charge in [-0.3, -0.25) is 9.78 Å². The first-order valence-corrected chi connectivity index (χ1v) is 6.67. The van der Waals surface area contributed by atoms with Crippen molar-refractivity contribution in [2.45, 2.75) is 25.6 Å². The van der Waals surface area contributed by atoms with E-state index < -0.39 is 17.7 Å². The summed E-state index contributed by atoms with van der Waals surface area (Å²) in [7, 11) is 0. The average Bonchev–Trinajstić information content (AvgIpc) is 2.51. The van der Waals surface area contributed by atoms with Crippen molar-refractivity contribution in [2.24, 2.45) is 0 Å². The lowest BCUT2D eigenvalue weighted by atomic mass is 10.2. The molecular weight excluding hydrogens is 295 g/mol. The van der Waals surface area contributed by atoms with Crippen LogP contribution in [0.25, 0.3) is 0 Å². The Kier molecular flexibility index (Phi) is 5.14. The minimum atomic E-state index is -4.40. The van der Waals surface area contributed by atoms with Gasteiger partial charge in [0.05, 0.1) is 12.0 Å². The predicted molar refractivity (Wildman–Crippen MR) is 73.8 cm³/mol. The highest BCUT2D eigenvalue weighted by atomic mass is 19.4. The number of ether oxygens (including phenoxy) is 1. The molecule has 0 spiro atoms. The van der Waals surface area contributed by atoms with Crippen LogP contribution >= 0.6 is 0 Å². The Morgan fingerprint density at radius 1 is 1.09 bits per heavy atom. The van der Waals surface area contributed by atoms with Crippen LogP contribution in [-0.4, -0.2) is 11.0 Å². The number of esters is 1. The third kappa shape index (κ3) is 4.87. The van der Waals surface area contributed by atoms with Crippen LogP contribution in [0.4, 0.5) is 13.2 Å². The Labute approximate surface area is 125 Å². The molecule has 0 atom stereocenters. The highest BCUT2D eigenvalue weighted by Gasteiger charge is 2.30. The molecule has 0 aliphatic carbocycles. The summed E-state index contributed by atoms with van der Waals surface area (Å²) in [5.74, 6) is -0.412. The van der Waals surface area contributed by atoms with E-state index in [1.807, 2.05) is 30.3 Å². The van der Waals surface area contributed by atoms with Gasteiger partial charge in [0, 0.05) is 18.3 Å². The first kappa shape index (κ1) is 16.0. The molecule has 0 aliphatic rings. The van der Waals surface area contributed by atoms with Crippen molar-refractivity contribution in [2.75, 3.05) is 0 Å².